The van der Waals surface area contributed by atoms with Crippen LogP contribution in [0.15, 0.2) is 46.7 Å². The summed E-state index contributed by atoms with van der Waals surface area (Å²) in [6.07, 6.45) is 2.40. The number of hydrogen-bond donors (Lipinski definition) is 2. The molecule has 0 radical (unpaired) electrons. The number of hydrogen-bond acceptors (Lipinski definition) is 4. The van der Waals surface area contributed by atoms with Crippen molar-refractivity contribution in [3.05, 3.63) is 52.2 Å². The van der Waals surface area contributed by atoms with Gasteiger partial charge < -0.3 is 11.1 Å². The van der Waals surface area contributed by atoms with Gasteiger partial charge in [-0.15, -0.1) is 23.1 Å². The molecule has 0 saturated heterocycles. The average molecular weight is 332 g/mol. The molecule has 2 aromatic rings. The molecule has 1 fully saturated rings. The van der Waals surface area contributed by atoms with Gasteiger partial charge in [0.15, 0.2) is 0 Å². The summed E-state index contributed by atoms with van der Waals surface area (Å²) < 4.78 is 0. The second-order valence-corrected chi connectivity index (χ2v) is 7.62. The molecule has 0 spiro atoms. The van der Waals surface area contributed by atoms with E-state index in [2.05, 4.69) is 22.8 Å². The lowest BCUT2D eigenvalue weighted by Crippen LogP contribution is -2.38. The van der Waals surface area contributed by atoms with Crippen molar-refractivity contribution in [2.75, 3.05) is 6.54 Å². The molecule has 0 bridgehead atoms. The smallest absolute Gasteiger partial charge is 0.252 e. The van der Waals surface area contributed by atoms with E-state index in [-0.39, 0.29) is 11.9 Å². The zero-order valence-electron chi connectivity index (χ0n) is 12.3. The molecule has 1 heterocycles. The second kappa shape index (κ2) is 7.31. The van der Waals surface area contributed by atoms with Crippen molar-refractivity contribution in [2.24, 2.45) is 11.7 Å². The van der Waals surface area contributed by atoms with E-state index in [0.717, 1.165) is 16.2 Å². The third-order valence-corrected chi connectivity index (χ3v) is 5.99. The molecule has 3 rings (SSSR count). The monoisotopic (exact) mass is 332 g/mol. The molecule has 22 heavy (non-hydrogen) atoms. The number of thioether (sulfide) groups is 1. The van der Waals surface area contributed by atoms with Crippen LogP contribution in [0.3, 0.4) is 0 Å². The quantitative estimate of drug-likeness (QED) is 0.763. The lowest BCUT2D eigenvalue weighted by molar-refractivity contribution is 0.0947. The maximum Gasteiger partial charge on any atom is 0.252 e. The largest absolute Gasteiger partial charge is 0.350 e. The molecule has 1 unspecified atom stereocenters. The Labute approximate surface area is 139 Å². The predicted octanol–water partition coefficient (Wildman–Crippen LogP) is 3.51. The molecule has 1 atom stereocenters. The lowest BCUT2D eigenvalue weighted by Gasteiger charge is -2.13. The molecule has 0 aliphatic heterocycles. The number of benzene rings is 1. The normalized spacial score (nSPS) is 15.5. The van der Waals surface area contributed by atoms with Gasteiger partial charge in [-0.2, -0.15) is 0 Å². The summed E-state index contributed by atoms with van der Waals surface area (Å²) in [5.74, 6) is 1.47. The number of nitrogens with one attached hydrogen (secondary N) is 1. The Morgan fingerprint density at radius 1 is 1.32 bits per heavy atom. The van der Waals surface area contributed by atoms with E-state index >= 15 is 0 Å². The minimum atomic E-state index is -0.0228. The lowest BCUT2D eigenvalue weighted by atomic mass is 10.2. The van der Waals surface area contributed by atoms with E-state index in [9.17, 15) is 4.79 Å². The van der Waals surface area contributed by atoms with Crippen LogP contribution in [0.1, 0.15) is 28.1 Å². The fourth-order valence-electron chi connectivity index (χ4n) is 2.32. The number of carbonyl (C=O) groups excluding carboxylic acids is 1. The minimum absolute atomic E-state index is 0.0228. The Kier molecular flexibility index (Phi) is 5.18. The minimum Gasteiger partial charge on any atom is -0.350 e. The molecule has 1 saturated carbocycles. The molecule has 1 aliphatic rings. The Morgan fingerprint density at radius 2 is 2.14 bits per heavy atom. The van der Waals surface area contributed by atoms with Crippen LogP contribution in [0.2, 0.25) is 0 Å². The third-order valence-electron chi connectivity index (χ3n) is 3.81. The number of amides is 1. The van der Waals surface area contributed by atoms with E-state index < -0.39 is 0 Å². The molecule has 116 valence electrons. The first-order valence-electron chi connectivity index (χ1n) is 7.52. The first-order valence-corrected chi connectivity index (χ1v) is 9.38. The van der Waals surface area contributed by atoms with Crippen molar-refractivity contribution < 1.29 is 4.79 Å². The highest BCUT2D eigenvalue weighted by atomic mass is 32.2. The van der Waals surface area contributed by atoms with Crippen molar-refractivity contribution >= 4 is 29.0 Å². The van der Waals surface area contributed by atoms with E-state index in [1.807, 2.05) is 24.3 Å². The predicted molar refractivity (Wildman–Crippen MR) is 93.4 cm³/mol. The van der Waals surface area contributed by atoms with Gasteiger partial charge >= 0.3 is 0 Å². The van der Waals surface area contributed by atoms with Crippen LogP contribution in [-0.4, -0.2) is 18.5 Å². The second-order valence-electron chi connectivity index (χ2n) is 5.58. The summed E-state index contributed by atoms with van der Waals surface area (Å²) in [5, 5.41) is 5.06. The van der Waals surface area contributed by atoms with Crippen molar-refractivity contribution in [3.63, 3.8) is 0 Å². The molecular weight excluding hydrogens is 312 g/mol. The molecule has 1 aromatic heterocycles. The van der Waals surface area contributed by atoms with Crippen molar-refractivity contribution in [2.45, 2.75) is 29.5 Å². The Hall–Kier alpha value is -1.30. The number of thiophene rings is 1. The fourth-order valence-corrected chi connectivity index (χ4v) is 4.14. The molecular formula is C17H20N2OS2. The Bertz CT molecular complexity index is 623. The number of nitrogens with two attached hydrogens (primary N) is 1. The number of carbonyl (C=O) groups is 1. The van der Waals surface area contributed by atoms with Crippen LogP contribution < -0.4 is 11.1 Å². The zero-order valence-corrected chi connectivity index (χ0v) is 14.0. The summed E-state index contributed by atoms with van der Waals surface area (Å²) >= 11 is 3.45. The highest BCUT2D eigenvalue weighted by molar-refractivity contribution is 7.98. The van der Waals surface area contributed by atoms with Crippen LogP contribution in [-0.2, 0) is 5.75 Å². The first-order chi connectivity index (χ1) is 10.7. The van der Waals surface area contributed by atoms with Crippen molar-refractivity contribution in [3.8, 4) is 0 Å². The van der Waals surface area contributed by atoms with Gasteiger partial charge in [-0.25, -0.2) is 0 Å². The van der Waals surface area contributed by atoms with Crippen molar-refractivity contribution in [1.29, 1.82) is 0 Å². The van der Waals surface area contributed by atoms with Gasteiger partial charge in [0.2, 0.25) is 0 Å². The average Bonchev–Trinajstić information content (AvgIpc) is 3.27. The van der Waals surface area contributed by atoms with Gasteiger partial charge in [-0.1, -0.05) is 18.2 Å². The standard InChI is InChI=1S/C17H20N2OS2/c18-15(12-7-8-12)10-19-17(20)14-5-1-2-6-16(14)22-11-13-4-3-9-21-13/h1-6,9,12,15H,7-8,10-11,18H2,(H,19,20). The molecule has 1 aliphatic carbocycles. The van der Waals surface area contributed by atoms with E-state index in [0.29, 0.717) is 12.5 Å². The summed E-state index contributed by atoms with van der Waals surface area (Å²) in [6, 6.07) is 12.0. The highest BCUT2D eigenvalue weighted by Crippen LogP contribution is 2.31. The van der Waals surface area contributed by atoms with Crippen LogP contribution >= 0.6 is 23.1 Å². The van der Waals surface area contributed by atoms with Gasteiger partial charge in [0.1, 0.15) is 0 Å². The summed E-state index contributed by atoms with van der Waals surface area (Å²) in [6.45, 7) is 0.563. The van der Waals surface area contributed by atoms with Gasteiger partial charge in [-0.05, 0) is 42.3 Å². The molecule has 1 amide bonds. The van der Waals surface area contributed by atoms with Crippen LogP contribution in [0.4, 0.5) is 0 Å². The molecule has 3 N–H and O–H groups in total. The van der Waals surface area contributed by atoms with Crippen LogP contribution in [0.25, 0.3) is 0 Å². The Morgan fingerprint density at radius 3 is 2.86 bits per heavy atom. The molecule has 1 aromatic carbocycles. The van der Waals surface area contributed by atoms with E-state index in [1.54, 1.807) is 23.1 Å². The summed E-state index contributed by atoms with van der Waals surface area (Å²) in [4.78, 5) is 14.7. The fraction of sp³-hybridized carbons (Fsp3) is 0.353. The number of rotatable bonds is 7. The zero-order chi connectivity index (χ0) is 15.4. The summed E-state index contributed by atoms with van der Waals surface area (Å²) in [7, 11) is 0. The summed E-state index contributed by atoms with van der Waals surface area (Å²) in [5.41, 5.74) is 6.79. The SMILES string of the molecule is NC(CNC(=O)c1ccccc1SCc1cccs1)C1CC1. The first kappa shape index (κ1) is 15.6. The third kappa shape index (κ3) is 4.12. The van der Waals surface area contributed by atoms with Gasteiger partial charge in [0.05, 0.1) is 5.56 Å². The van der Waals surface area contributed by atoms with E-state index in [1.165, 1.54) is 17.7 Å². The highest BCUT2D eigenvalue weighted by Gasteiger charge is 2.28. The van der Waals surface area contributed by atoms with Crippen LogP contribution in [0, 0.1) is 5.92 Å². The van der Waals surface area contributed by atoms with E-state index in [4.69, 9.17) is 5.73 Å². The van der Waals surface area contributed by atoms with Crippen molar-refractivity contribution in [1.82, 2.24) is 5.32 Å². The Balaban J connectivity index is 1.60. The maximum atomic E-state index is 12.4. The maximum absolute atomic E-state index is 12.4. The van der Waals surface area contributed by atoms with Crippen LogP contribution in [0.5, 0.6) is 0 Å². The van der Waals surface area contributed by atoms with Gasteiger partial charge in [0, 0.05) is 28.1 Å². The van der Waals surface area contributed by atoms with Gasteiger partial charge in [-0.3, -0.25) is 4.79 Å². The molecule has 3 nitrogen and oxygen atoms in total. The topological polar surface area (TPSA) is 55.1 Å². The van der Waals surface area contributed by atoms with Gasteiger partial charge in [0.25, 0.3) is 5.91 Å². The molecule has 5 heteroatoms.